The molecular weight excluding hydrogens is 654 g/mol. The van der Waals surface area contributed by atoms with Gasteiger partial charge in [0.1, 0.15) is 18.3 Å². The first kappa shape index (κ1) is 36.1. The van der Waals surface area contributed by atoms with Crippen molar-refractivity contribution in [3.8, 4) is 17.2 Å². The number of anilines is 1. The molecule has 12 heteroatoms. The summed E-state index contributed by atoms with van der Waals surface area (Å²) in [5.74, 6) is 0.127. The van der Waals surface area contributed by atoms with Crippen LogP contribution in [0.15, 0.2) is 102 Å². The van der Waals surface area contributed by atoms with Gasteiger partial charge in [0, 0.05) is 30.6 Å². The van der Waals surface area contributed by atoms with Crippen molar-refractivity contribution in [2.45, 2.75) is 37.8 Å². The average Bonchev–Trinajstić information content (AvgIpc) is 3.09. The van der Waals surface area contributed by atoms with Crippen LogP contribution in [-0.4, -0.2) is 65.1 Å². The molecule has 0 bridgehead atoms. The summed E-state index contributed by atoms with van der Waals surface area (Å²) in [6.45, 7) is 3.79. The molecule has 4 rings (SSSR count). The van der Waals surface area contributed by atoms with Gasteiger partial charge in [0.05, 0.1) is 31.4 Å². The summed E-state index contributed by atoms with van der Waals surface area (Å²) in [7, 11) is -1.52. The lowest BCUT2D eigenvalue weighted by molar-refractivity contribution is -0.140. The van der Waals surface area contributed by atoms with Gasteiger partial charge in [-0.05, 0) is 73.5 Å². The molecule has 1 atom stereocenters. The van der Waals surface area contributed by atoms with E-state index >= 15 is 0 Å². The van der Waals surface area contributed by atoms with Crippen LogP contribution in [0.1, 0.15) is 25.0 Å². The standard InChI is InChI=1S/C36H40ClN3O7S/c1-5-38-36(42)32(22-26-11-8-7-9-12-26)39(24-27-13-10-14-28(37)21-27)35(41)25-40(29-15-17-30(18-16-29)47-6-2)48(43,44)31-19-20-33(45-3)34(23-31)46-4/h7-21,23,32H,5-6,22,24-25H2,1-4H3,(H,38,42). The van der Waals surface area contributed by atoms with Crippen LogP contribution in [0.5, 0.6) is 17.2 Å². The first-order valence-corrected chi connectivity index (χ1v) is 17.3. The van der Waals surface area contributed by atoms with Gasteiger partial charge >= 0.3 is 0 Å². The summed E-state index contributed by atoms with van der Waals surface area (Å²) >= 11 is 6.30. The molecule has 0 aromatic heterocycles. The fraction of sp³-hybridized carbons (Fsp3) is 0.278. The van der Waals surface area contributed by atoms with Crippen LogP contribution in [0.3, 0.4) is 0 Å². The molecule has 0 fully saturated rings. The molecule has 1 unspecified atom stereocenters. The van der Waals surface area contributed by atoms with Crippen molar-refractivity contribution in [1.29, 1.82) is 0 Å². The Morgan fingerprint density at radius 3 is 2.15 bits per heavy atom. The number of halogens is 1. The molecule has 4 aromatic rings. The van der Waals surface area contributed by atoms with Crippen LogP contribution in [0.25, 0.3) is 0 Å². The summed E-state index contributed by atoms with van der Waals surface area (Å²) in [5, 5.41) is 3.31. The molecule has 4 aromatic carbocycles. The number of ether oxygens (including phenoxy) is 3. The summed E-state index contributed by atoms with van der Waals surface area (Å²) < 4.78 is 46.1. The topological polar surface area (TPSA) is 114 Å². The van der Waals surface area contributed by atoms with E-state index in [0.717, 1.165) is 9.87 Å². The molecule has 0 saturated carbocycles. The first-order chi connectivity index (χ1) is 23.1. The van der Waals surface area contributed by atoms with E-state index < -0.39 is 28.5 Å². The van der Waals surface area contributed by atoms with E-state index in [0.29, 0.717) is 35.2 Å². The second-order valence-corrected chi connectivity index (χ2v) is 13.0. The number of likely N-dealkylation sites (N-methyl/N-ethyl adjacent to an activating group) is 1. The van der Waals surface area contributed by atoms with Gasteiger partial charge in [-0.2, -0.15) is 0 Å². The molecule has 0 saturated heterocycles. The quantitative estimate of drug-likeness (QED) is 0.160. The lowest BCUT2D eigenvalue weighted by atomic mass is 10.0. The fourth-order valence-electron chi connectivity index (χ4n) is 5.19. The molecule has 0 spiro atoms. The van der Waals surface area contributed by atoms with Crippen molar-refractivity contribution in [3.63, 3.8) is 0 Å². The number of carbonyl (C=O) groups excluding carboxylic acids is 2. The van der Waals surface area contributed by atoms with Gasteiger partial charge in [-0.15, -0.1) is 0 Å². The second-order valence-electron chi connectivity index (χ2n) is 10.7. The number of nitrogens with one attached hydrogen (secondary N) is 1. The van der Waals surface area contributed by atoms with Crippen LogP contribution >= 0.6 is 11.6 Å². The number of nitrogens with zero attached hydrogens (tertiary/aromatic N) is 2. The van der Waals surface area contributed by atoms with Crippen LogP contribution in [0.4, 0.5) is 5.69 Å². The highest BCUT2D eigenvalue weighted by Crippen LogP contribution is 2.33. The number of carbonyl (C=O) groups is 2. The van der Waals surface area contributed by atoms with Crippen LogP contribution in [0.2, 0.25) is 5.02 Å². The summed E-state index contributed by atoms with van der Waals surface area (Å²) in [6.07, 6.45) is 0.199. The Bertz CT molecular complexity index is 1790. The summed E-state index contributed by atoms with van der Waals surface area (Å²) in [5.41, 5.74) is 1.73. The van der Waals surface area contributed by atoms with Gasteiger partial charge in [-0.25, -0.2) is 8.42 Å². The molecule has 0 aliphatic carbocycles. The average molecular weight is 694 g/mol. The maximum absolute atomic E-state index is 14.6. The van der Waals surface area contributed by atoms with Gasteiger partial charge < -0.3 is 24.4 Å². The van der Waals surface area contributed by atoms with Gasteiger partial charge in [0.2, 0.25) is 11.8 Å². The first-order valence-electron chi connectivity index (χ1n) is 15.4. The van der Waals surface area contributed by atoms with Crippen molar-refractivity contribution in [2.24, 2.45) is 0 Å². The third-order valence-electron chi connectivity index (χ3n) is 7.52. The zero-order chi connectivity index (χ0) is 34.7. The van der Waals surface area contributed by atoms with E-state index in [-0.39, 0.29) is 35.2 Å². The number of benzene rings is 4. The minimum absolute atomic E-state index is 0.00154. The monoisotopic (exact) mass is 693 g/mol. The highest BCUT2D eigenvalue weighted by atomic mass is 35.5. The zero-order valence-corrected chi connectivity index (χ0v) is 29.0. The molecular formula is C36H40ClN3O7S. The number of hydrogen-bond acceptors (Lipinski definition) is 7. The summed E-state index contributed by atoms with van der Waals surface area (Å²) in [4.78, 5) is 29.5. The Labute approximate surface area is 287 Å². The minimum atomic E-state index is -4.37. The van der Waals surface area contributed by atoms with Crippen molar-refractivity contribution in [2.75, 3.05) is 38.2 Å². The number of hydrogen-bond donors (Lipinski definition) is 1. The number of amides is 2. The van der Waals surface area contributed by atoms with Crippen molar-refractivity contribution in [1.82, 2.24) is 10.2 Å². The smallest absolute Gasteiger partial charge is 0.264 e. The predicted molar refractivity (Wildman–Crippen MR) is 186 cm³/mol. The number of rotatable bonds is 16. The third-order valence-corrected chi connectivity index (χ3v) is 9.53. The van der Waals surface area contributed by atoms with Gasteiger partial charge in [-0.1, -0.05) is 54.1 Å². The molecule has 0 radical (unpaired) electrons. The highest BCUT2D eigenvalue weighted by molar-refractivity contribution is 7.92. The molecule has 2 amide bonds. The van der Waals surface area contributed by atoms with E-state index in [4.69, 9.17) is 25.8 Å². The highest BCUT2D eigenvalue weighted by Gasteiger charge is 2.35. The lowest BCUT2D eigenvalue weighted by Crippen LogP contribution is -2.53. The van der Waals surface area contributed by atoms with E-state index in [1.54, 1.807) is 55.5 Å². The Balaban J connectivity index is 1.82. The fourth-order valence-corrected chi connectivity index (χ4v) is 6.83. The minimum Gasteiger partial charge on any atom is -0.494 e. The van der Waals surface area contributed by atoms with Crippen LogP contribution in [0, 0.1) is 0 Å². The summed E-state index contributed by atoms with van der Waals surface area (Å²) in [6, 6.07) is 26.0. The second kappa shape index (κ2) is 16.9. The molecule has 0 aliphatic heterocycles. The SMILES string of the molecule is CCNC(=O)C(Cc1ccccc1)N(Cc1cccc(Cl)c1)C(=O)CN(c1ccc(OCC)cc1)S(=O)(=O)c1ccc(OC)c(OC)c1. The van der Waals surface area contributed by atoms with Gasteiger partial charge in [0.15, 0.2) is 11.5 Å². The zero-order valence-electron chi connectivity index (χ0n) is 27.4. The number of methoxy groups -OCH3 is 2. The Kier molecular flexibility index (Phi) is 12.7. The van der Waals surface area contributed by atoms with Crippen molar-refractivity contribution < 1.29 is 32.2 Å². The van der Waals surface area contributed by atoms with Gasteiger partial charge in [-0.3, -0.25) is 13.9 Å². The molecule has 254 valence electrons. The Morgan fingerprint density at radius 1 is 0.833 bits per heavy atom. The van der Waals surface area contributed by atoms with Crippen LogP contribution in [-0.2, 0) is 32.6 Å². The molecule has 10 nitrogen and oxygen atoms in total. The van der Waals surface area contributed by atoms with Crippen molar-refractivity contribution in [3.05, 3.63) is 113 Å². The third kappa shape index (κ3) is 8.99. The van der Waals surface area contributed by atoms with E-state index in [9.17, 15) is 18.0 Å². The number of sulfonamides is 1. The maximum Gasteiger partial charge on any atom is 0.264 e. The lowest BCUT2D eigenvalue weighted by Gasteiger charge is -2.34. The maximum atomic E-state index is 14.6. The molecule has 0 aliphatic rings. The molecule has 48 heavy (non-hydrogen) atoms. The molecule has 0 heterocycles. The predicted octanol–water partition coefficient (Wildman–Crippen LogP) is 5.73. The Hall–Kier alpha value is -4.74. The van der Waals surface area contributed by atoms with Gasteiger partial charge in [0.25, 0.3) is 10.0 Å². The van der Waals surface area contributed by atoms with Crippen molar-refractivity contribution >= 4 is 39.1 Å². The van der Waals surface area contributed by atoms with E-state index in [1.807, 2.05) is 37.3 Å². The van der Waals surface area contributed by atoms with Crippen LogP contribution < -0.4 is 23.8 Å². The molecule has 1 N–H and O–H groups in total. The Morgan fingerprint density at radius 2 is 1.52 bits per heavy atom. The van der Waals surface area contributed by atoms with E-state index in [1.165, 1.54) is 37.3 Å². The largest absolute Gasteiger partial charge is 0.494 e. The normalized spacial score (nSPS) is 11.7. The van der Waals surface area contributed by atoms with E-state index in [2.05, 4.69) is 5.32 Å².